The third kappa shape index (κ3) is 1.68. The van der Waals surface area contributed by atoms with Crippen LogP contribution in [0.15, 0.2) is 6.08 Å². The fourth-order valence-corrected chi connectivity index (χ4v) is 3.30. The first kappa shape index (κ1) is 14.3. The summed E-state index contributed by atoms with van der Waals surface area (Å²) in [7, 11) is 0. The topological polar surface area (TPSA) is 107 Å². The molecule has 5 nitrogen and oxygen atoms in total. The number of hydrogen-bond donors (Lipinski definition) is 4. The Labute approximate surface area is 129 Å². The molecule has 22 heavy (non-hydrogen) atoms. The Morgan fingerprint density at radius 3 is 2.18 bits per heavy atom. The Hall–Kier alpha value is -2.69. The lowest BCUT2D eigenvalue weighted by Gasteiger charge is -2.18. The van der Waals surface area contributed by atoms with Crippen LogP contribution in [-0.2, 0) is 0 Å². The summed E-state index contributed by atoms with van der Waals surface area (Å²) in [6.45, 7) is 8.26. The number of benzene rings is 2. The van der Waals surface area contributed by atoms with Gasteiger partial charge in [-0.25, -0.2) is 4.98 Å². The minimum Gasteiger partial charge on any atom is -0.396 e. The highest BCUT2D eigenvalue weighted by atomic mass is 15.0. The van der Waals surface area contributed by atoms with Gasteiger partial charge < -0.3 is 22.2 Å². The number of rotatable bonds is 1. The van der Waals surface area contributed by atoms with E-state index in [4.69, 9.17) is 17.2 Å². The summed E-state index contributed by atoms with van der Waals surface area (Å²) in [6, 6.07) is 0. The molecule has 0 amide bonds. The van der Waals surface area contributed by atoms with Crippen molar-refractivity contribution in [3.8, 4) is 0 Å². The Kier molecular flexibility index (Phi) is 3.02. The van der Waals surface area contributed by atoms with Gasteiger partial charge in [0.05, 0.1) is 16.9 Å². The molecule has 0 bridgehead atoms. The monoisotopic (exact) mass is 295 g/mol. The van der Waals surface area contributed by atoms with Crippen LogP contribution in [0.4, 0.5) is 17.3 Å². The summed E-state index contributed by atoms with van der Waals surface area (Å²) in [5.41, 5.74) is 25.9. The minimum atomic E-state index is 0.324. The minimum absolute atomic E-state index is 0.324. The smallest absolute Gasteiger partial charge is 0.198 e. The number of imidazole rings is 1. The first-order chi connectivity index (χ1) is 10.4. The highest BCUT2D eigenvalue weighted by Gasteiger charge is 2.20. The van der Waals surface area contributed by atoms with Gasteiger partial charge >= 0.3 is 0 Å². The summed E-state index contributed by atoms with van der Waals surface area (Å²) >= 11 is 0. The Bertz CT molecular complexity index is 947. The number of H-pyrrole nitrogens is 1. The molecule has 5 heteroatoms. The summed E-state index contributed by atoms with van der Waals surface area (Å²) in [5.74, 6) is 0.324. The van der Waals surface area contributed by atoms with Crippen LogP contribution in [0.25, 0.3) is 27.9 Å². The van der Waals surface area contributed by atoms with E-state index in [0.717, 1.165) is 21.9 Å². The van der Waals surface area contributed by atoms with Crippen LogP contribution < -0.4 is 17.2 Å². The predicted octanol–water partition coefficient (Wildman–Crippen LogP) is 3.42. The van der Waals surface area contributed by atoms with Crippen LogP contribution in [0.2, 0.25) is 0 Å². The SMILES string of the molecule is C/C=C/c1c(C)c(C)c2c(N)c3[nH]c(N)nc3c(N)c2c1C. The van der Waals surface area contributed by atoms with E-state index in [0.29, 0.717) is 28.4 Å². The molecular formula is C17H21N5. The van der Waals surface area contributed by atoms with Crippen LogP contribution in [0.3, 0.4) is 0 Å². The number of nitrogen functional groups attached to an aromatic ring is 3. The van der Waals surface area contributed by atoms with Crippen molar-refractivity contribution in [1.29, 1.82) is 0 Å². The van der Waals surface area contributed by atoms with E-state index in [2.05, 4.69) is 36.8 Å². The maximum atomic E-state index is 6.40. The lowest BCUT2D eigenvalue weighted by Crippen LogP contribution is -2.02. The average molecular weight is 295 g/mol. The fourth-order valence-electron chi connectivity index (χ4n) is 3.30. The van der Waals surface area contributed by atoms with Crippen molar-refractivity contribution in [3.05, 3.63) is 28.3 Å². The molecule has 0 fully saturated rings. The lowest BCUT2D eigenvalue weighted by atomic mass is 9.88. The van der Waals surface area contributed by atoms with E-state index < -0.39 is 0 Å². The molecule has 0 unspecified atom stereocenters. The van der Waals surface area contributed by atoms with Crippen LogP contribution in [0.5, 0.6) is 0 Å². The number of nitrogens with one attached hydrogen (secondary N) is 1. The molecule has 0 aliphatic heterocycles. The van der Waals surface area contributed by atoms with Crippen LogP contribution >= 0.6 is 0 Å². The van der Waals surface area contributed by atoms with Gasteiger partial charge in [-0.2, -0.15) is 0 Å². The van der Waals surface area contributed by atoms with Crippen LogP contribution in [0, 0.1) is 20.8 Å². The van der Waals surface area contributed by atoms with Crippen molar-refractivity contribution in [2.45, 2.75) is 27.7 Å². The number of fused-ring (bicyclic) bond motifs is 2. The van der Waals surface area contributed by atoms with Crippen molar-refractivity contribution in [1.82, 2.24) is 9.97 Å². The zero-order valence-electron chi connectivity index (χ0n) is 13.3. The molecule has 0 spiro atoms. The molecule has 1 aromatic heterocycles. The number of aromatic amines is 1. The number of hydrogen-bond acceptors (Lipinski definition) is 4. The molecule has 2 aromatic carbocycles. The van der Waals surface area contributed by atoms with Gasteiger partial charge in [-0.1, -0.05) is 12.2 Å². The number of nitrogens with two attached hydrogens (primary N) is 3. The lowest BCUT2D eigenvalue weighted by molar-refractivity contribution is 1.32. The first-order valence-electron chi connectivity index (χ1n) is 7.26. The number of aromatic nitrogens is 2. The predicted molar refractivity (Wildman–Crippen MR) is 95.8 cm³/mol. The van der Waals surface area contributed by atoms with Gasteiger partial charge in [0.15, 0.2) is 5.95 Å². The molecule has 0 radical (unpaired) electrons. The molecule has 0 atom stereocenters. The van der Waals surface area contributed by atoms with Gasteiger partial charge in [-0.3, -0.25) is 0 Å². The van der Waals surface area contributed by atoms with E-state index in [1.54, 1.807) is 0 Å². The normalized spacial score (nSPS) is 12.0. The number of allylic oxidation sites excluding steroid dienone is 1. The highest BCUT2D eigenvalue weighted by molar-refractivity contribution is 6.19. The molecule has 7 N–H and O–H groups in total. The van der Waals surface area contributed by atoms with Gasteiger partial charge in [-0.05, 0) is 49.9 Å². The molecular weight excluding hydrogens is 274 g/mol. The summed E-state index contributed by atoms with van der Waals surface area (Å²) in [4.78, 5) is 7.31. The van der Waals surface area contributed by atoms with Gasteiger partial charge in [0.1, 0.15) is 5.52 Å². The second kappa shape index (κ2) is 4.66. The van der Waals surface area contributed by atoms with E-state index in [9.17, 15) is 0 Å². The maximum absolute atomic E-state index is 6.40. The summed E-state index contributed by atoms with van der Waals surface area (Å²) in [5, 5.41) is 1.95. The van der Waals surface area contributed by atoms with Crippen molar-refractivity contribution >= 4 is 45.2 Å². The second-order valence-corrected chi connectivity index (χ2v) is 5.71. The van der Waals surface area contributed by atoms with Crippen molar-refractivity contribution in [2.75, 3.05) is 17.2 Å². The molecule has 3 aromatic rings. The van der Waals surface area contributed by atoms with Gasteiger partial charge in [0.25, 0.3) is 0 Å². The first-order valence-corrected chi connectivity index (χ1v) is 7.26. The number of nitrogens with zero attached hydrogens (tertiary/aromatic N) is 1. The van der Waals surface area contributed by atoms with Crippen molar-refractivity contribution in [3.63, 3.8) is 0 Å². The Morgan fingerprint density at radius 1 is 0.909 bits per heavy atom. The van der Waals surface area contributed by atoms with Crippen LogP contribution in [-0.4, -0.2) is 9.97 Å². The van der Waals surface area contributed by atoms with Gasteiger partial charge in [0, 0.05) is 10.8 Å². The Morgan fingerprint density at radius 2 is 1.55 bits per heavy atom. The maximum Gasteiger partial charge on any atom is 0.198 e. The van der Waals surface area contributed by atoms with Crippen molar-refractivity contribution in [2.24, 2.45) is 0 Å². The zero-order chi connectivity index (χ0) is 16.2. The number of anilines is 3. The van der Waals surface area contributed by atoms with Gasteiger partial charge in [-0.15, -0.1) is 0 Å². The Balaban J connectivity index is 2.67. The molecule has 114 valence electrons. The van der Waals surface area contributed by atoms with Crippen LogP contribution in [0.1, 0.15) is 29.2 Å². The third-order valence-corrected chi connectivity index (χ3v) is 4.49. The zero-order valence-corrected chi connectivity index (χ0v) is 13.3. The van der Waals surface area contributed by atoms with Gasteiger partial charge in [0.2, 0.25) is 0 Å². The summed E-state index contributed by atoms with van der Waals surface area (Å²) in [6.07, 6.45) is 4.14. The average Bonchev–Trinajstić information content (AvgIpc) is 2.87. The molecule has 0 aliphatic rings. The highest BCUT2D eigenvalue weighted by Crippen LogP contribution is 2.42. The van der Waals surface area contributed by atoms with E-state index in [1.165, 1.54) is 11.1 Å². The molecule has 0 saturated carbocycles. The standard InChI is InChI=1S/C17H21N5/c1-5-6-10-7(2)8(3)11-12(9(10)4)14(19)16-15(13(11)18)21-17(20)22-16/h5-6H,18-19H2,1-4H3,(H3,20,21,22)/b6-5+. The van der Waals surface area contributed by atoms with Crippen molar-refractivity contribution < 1.29 is 0 Å². The fraction of sp³-hybridized carbons (Fsp3) is 0.235. The molecule has 0 aliphatic carbocycles. The van der Waals surface area contributed by atoms with E-state index in [1.807, 2.05) is 13.0 Å². The largest absolute Gasteiger partial charge is 0.396 e. The molecule has 3 rings (SSSR count). The van der Waals surface area contributed by atoms with E-state index >= 15 is 0 Å². The van der Waals surface area contributed by atoms with E-state index in [-0.39, 0.29) is 0 Å². The summed E-state index contributed by atoms with van der Waals surface area (Å²) < 4.78 is 0. The molecule has 1 heterocycles. The third-order valence-electron chi connectivity index (χ3n) is 4.49. The second-order valence-electron chi connectivity index (χ2n) is 5.71. The molecule has 0 saturated heterocycles. The quantitative estimate of drug-likeness (QED) is 0.407. The number of aryl methyl sites for hydroxylation is 2.